The van der Waals surface area contributed by atoms with E-state index >= 15 is 0 Å². The van der Waals surface area contributed by atoms with Crippen LogP contribution in [0.4, 0.5) is 0 Å². The monoisotopic (exact) mass is 572 g/mol. The van der Waals surface area contributed by atoms with Gasteiger partial charge in [-0.05, 0) is 23.6 Å². The van der Waals surface area contributed by atoms with Crippen LogP contribution in [0.1, 0.15) is 16.6 Å². The van der Waals surface area contributed by atoms with Crippen molar-refractivity contribution in [1.82, 2.24) is 25.4 Å². The second-order valence-corrected chi connectivity index (χ2v) is 8.35. The van der Waals surface area contributed by atoms with Crippen molar-refractivity contribution in [2.45, 2.75) is 12.5 Å². The van der Waals surface area contributed by atoms with E-state index in [2.05, 4.69) is 43.0 Å². The van der Waals surface area contributed by atoms with Crippen molar-refractivity contribution in [3.05, 3.63) is 52.5 Å². The van der Waals surface area contributed by atoms with E-state index in [1.807, 2.05) is 25.2 Å². The fourth-order valence-corrected chi connectivity index (χ4v) is 4.30. The fraction of sp³-hybridized carbons (Fsp3) is 0.500. The number of aliphatic imine (C=N–C) groups is 1. The molecule has 0 radical (unpaired) electrons. The Bertz CT molecular complexity index is 815. The summed E-state index contributed by atoms with van der Waals surface area (Å²) in [6.45, 7) is 4.87. The van der Waals surface area contributed by atoms with Crippen molar-refractivity contribution < 1.29 is 9.53 Å². The quantitative estimate of drug-likeness (QED) is 0.272. The van der Waals surface area contributed by atoms with E-state index in [1.165, 1.54) is 4.88 Å². The van der Waals surface area contributed by atoms with Gasteiger partial charge >= 0.3 is 0 Å². The highest BCUT2D eigenvalue weighted by Gasteiger charge is 2.23. The number of amides is 1. The molecule has 2 aromatic heterocycles. The summed E-state index contributed by atoms with van der Waals surface area (Å²) in [4.78, 5) is 26.6. The van der Waals surface area contributed by atoms with E-state index in [0.29, 0.717) is 19.0 Å². The van der Waals surface area contributed by atoms with Crippen LogP contribution in [-0.4, -0.2) is 86.7 Å². The molecule has 0 saturated carbocycles. The smallest absolute Gasteiger partial charge is 0.241 e. The molecule has 1 saturated heterocycles. The number of morpholine rings is 1. The van der Waals surface area contributed by atoms with Crippen molar-refractivity contribution in [3.63, 3.8) is 0 Å². The van der Waals surface area contributed by atoms with Gasteiger partial charge in [0.25, 0.3) is 0 Å². The van der Waals surface area contributed by atoms with Crippen molar-refractivity contribution in [2.24, 2.45) is 4.99 Å². The summed E-state index contributed by atoms with van der Waals surface area (Å²) in [5.74, 6) is 0.642. The highest BCUT2D eigenvalue weighted by molar-refractivity contribution is 14.0. The van der Waals surface area contributed by atoms with Crippen LogP contribution in [0.15, 0.2) is 46.9 Å². The minimum absolute atomic E-state index is 0. The molecule has 1 aliphatic rings. The molecule has 1 atom stereocenters. The lowest BCUT2D eigenvalue weighted by molar-refractivity contribution is -0.128. The molecule has 0 aromatic carbocycles. The van der Waals surface area contributed by atoms with Gasteiger partial charge in [-0.3, -0.25) is 19.7 Å². The highest BCUT2D eigenvalue weighted by Crippen LogP contribution is 2.25. The van der Waals surface area contributed by atoms with Gasteiger partial charge in [0.05, 0.1) is 25.8 Å². The van der Waals surface area contributed by atoms with Crippen molar-refractivity contribution >= 4 is 47.2 Å². The Kier molecular flexibility index (Phi) is 11.9. The molecule has 8 nitrogen and oxygen atoms in total. The van der Waals surface area contributed by atoms with E-state index in [4.69, 9.17) is 4.74 Å². The number of aromatic nitrogens is 1. The first kappa shape index (κ1) is 26.5. The Morgan fingerprint density at radius 2 is 2.09 bits per heavy atom. The van der Waals surface area contributed by atoms with E-state index in [0.717, 1.165) is 38.4 Å². The summed E-state index contributed by atoms with van der Waals surface area (Å²) in [5.41, 5.74) is 0.982. The summed E-state index contributed by atoms with van der Waals surface area (Å²) in [5, 5.41) is 8.64. The molecule has 3 rings (SSSR count). The molecule has 10 heteroatoms. The normalized spacial score (nSPS) is 15.5. The topological polar surface area (TPSA) is 82.1 Å². The number of guanidine groups is 1. The molecule has 0 spiro atoms. The molecule has 2 N–H and O–H groups in total. The van der Waals surface area contributed by atoms with Crippen LogP contribution in [0, 0.1) is 0 Å². The van der Waals surface area contributed by atoms with Gasteiger partial charge < -0.3 is 20.3 Å². The highest BCUT2D eigenvalue weighted by atomic mass is 127. The van der Waals surface area contributed by atoms with Gasteiger partial charge in [0.1, 0.15) is 0 Å². The first-order valence-electron chi connectivity index (χ1n) is 10.6. The molecule has 1 unspecified atom stereocenters. The summed E-state index contributed by atoms with van der Waals surface area (Å²) in [6.07, 6.45) is 2.51. The first-order valence-corrected chi connectivity index (χ1v) is 11.5. The van der Waals surface area contributed by atoms with Gasteiger partial charge in [-0.15, -0.1) is 35.3 Å². The van der Waals surface area contributed by atoms with E-state index in [-0.39, 0.29) is 42.5 Å². The standard InChI is InChI=1S/C22H32N6O2S.HI/c1-23-22(26-17-21(29)27(2)10-8-18-6-3-4-9-24-18)25-16-19(20-7-5-15-31-20)28-11-13-30-14-12-28;/h3-7,9,15,19H,8,10-14,16-17H2,1-2H3,(H2,23,25,26);1H. The van der Waals surface area contributed by atoms with Crippen LogP contribution in [0.25, 0.3) is 0 Å². The fourth-order valence-electron chi connectivity index (χ4n) is 3.44. The van der Waals surface area contributed by atoms with Crippen LogP contribution in [0.2, 0.25) is 0 Å². The third-order valence-electron chi connectivity index (χ3n) is 5.31. The SMILES string of the molecule is CN=C(NCC(=O)N(C)CCc1ccccn1)NCC(c1cccs1)N1CCOCC1.I. The second-order valence-electron chi connectivity index (χ2n) is 7.37. The molecule has 176 valence electrons. The number of halogens is 1. The van der Waals surface area contributed by atoms with Gasteiger partial charge in [0.2, 0.25) is 5.91 Å². The Balaban J connectivity index is 0.00000363. The predicted octanol–water partition coefficient (Wildman–Crippen LogP) is 2.00. The third kappa shape index (κ3) is 8.30. The third-order valence-corrected chi connectivity index (χ3v) is 6.28. The number of ether oxygens (including phenoxy) is 1. The summed E-state index contributed by atoms with van der Waals surface area (Å²) in [7, 11) is 3.54. The van der Waals surface area contributed by atoms with Crippen molar-refractivity contribution in [3.8, 4) is 0 Å². The molecule has 32 heavy (non-hydrogen) atoms. The molecule has 0 aliphatic carbocycles. The molecule has 3 heterocycles. The lowest BCUT2D eigenvalue weighted by Crippen LogP contribution is -2.48. The van der Waals surface area contributed by atoms with Gasteiger partial charge in [0, 0.05) is 63.5 Å². The molecule has 1 aliphatic heterocycles. The van der Waals surface area contributed by atoms with Crippen LogP contribution < -0.4 is 10.6 Å². The number of carbonyl (C=O) groups is 1. The number of rotatable bonds is 9. The lowest BCUT2D eigenvalue weighted by Gasteiger charge is -2.34. The number of likely N-dealkylation sites (N-methyl/N-ethyl adjacent to an activating group) is 1. The van der Waals surface area contributed by atoms with Gasteiger partial charge in [-0.25, -0.2) is 0 Å². The lowest BCUT2D eigenvalue weighted by atomic mass is 10.2. The van der Waals surface area contributed by atoms with Crippen molar-refractivity contribution in [1.29, 1.82) is 0 Å². The van der Waals surface area contributed by atoms with E-state index < -0.39 is 0 Å². The molecule has 1 fully saturated rings. The predicted molar refractivity (Wildman–Crippen MR) is 140 cm³/mol. The van der Waals surface area contributed by atoms with Crippen LogP contribution in [0.5, 0.6) is 0 Å². The number of carbonyl (C=O) groups excluding carboxylic acids is 1. The number of nitrogens with zero attached hydrogens (tertiary/aromatic N) is 4. The minimum Gasteiger partial charge on any atom is -0.379 e. The maximum atomic E-state index is 12.5. The zero-order valence-corrected chi connectivity index (χ0v) is 21.8. The molecular weight excluding hydrogens is 539 g/mol. The molecule has 2 aromatic rings. The van der Waals surface area contributed by atoms with Gasteiger partial charge in [-0.1, -0.05) is 12.1 Å². The zero-order valence-electron chi connectivity index (χ0n) is 18.7. The Hall–Kier alpha value is -1.76. The van der Waals surface area contributed by atoms with Crippen LogP contribution >= 0.6 is 35.3 Å². The van der Waals surface area contributed by atoms with Gasteiger partial charge in [-0.2, -0.15) is 0 Å². The van der Waals surface area contributed by atoms with Crippen LogP contribution in [0.3, 0.4) is 0 Å². The Morgan fingerprint density at radius 1 is 1.28 bits per heavy atom. The van der Waals surface area contributed by atoms with Crippen molar-refractivity contribution in [2.75, 3.05) is 60.0 Å². The average Bonchev–Trinajstić information content (AvgIpc) is 3.35. The summed E-state index contributed by atoms with van der Waals surface area (Å²) < 4.78 is 5.51. The largest absolute Gasteiger partial charge is 0.379 e. The van der Waals surface area contributed by atoms with Crippen LogP contribution in [-0.2, 0) is 16.0 Å². The number of hydrogen-bond acceptors (Lipinski definition) is 6. The number of pyridine rings is 1. The number of nitrogens with one attached hydrogen (secondary N) is 2. The first-order chi connectivity index (χ1) is 15.2. The zero-order chi connectivity index (χ0) is 21.9. The molecule has 0 bridgehead atoms. The second kappa shape index (κ2) is 14.4. The van der Waals surface area contributed by atoms with E-state index in [1.54, 1.807) is 29.5 Å². The number of thiophene rings is 1. The molecular formula is C22H33IN6O2S. The van der Waals surface area contributed by atoms with Gasteiger partial charge in [0.15, 0.2) is 5.96 Å². The maximum absolute atomic E-state index is 12.5. The van der Waals surface area contributed by atoms with E-state index in [9.17, 15) is 4.79 Å². The molecule has 1 amide bonds. The Morgan fingerprint density at radius 3 is 2.75 bits per heavy atom. The maximum Gasteiger partial charge on any atom is 0.241 e. The minimum atomic E-state index is 0. The average molecular weight is 573 g/mol. The number of hydrogen-bond donors (Lipinski definition) is 2. The summed E-state index contributed by atoms with van der Waals surface area (Å²) in [6, 6.07) is 10.3. The summed E-state index contributed by atoms with van der Waals surface area (Å²) >= 11 is 1.76. The Labute approximate surface area is 211 Å².